The molecule has 0 aromatic rings. The third kappa shape index (κ3) is 5.31. The van der Waals surface area contributed by atoms with Crippen molar-refractivity contribution >= 4 is 5.97 Å². The van der Waals surface area contributed by atoms with Gasteiger partial charge in [0.25, 0.3) is 0 Å². The zero-order chi connectivity index (χ0) is 12.8. The molecule has 0 unspecified atom stereocenters. The minimum Gasteiger partial charge on any atom is -0.463 e. The average Bonchev–Trinajstić information content (AvgIpc) is 2.17. The van der Waals surface area contributed by atoms with Gasteiger partial charge in [0.2, 0.25) is 0 Å². The maximum Gasteiger partial charge on any atom is 0.334 e. The summed E-state index contributed by atoms with van der Waals surface area (Å²) in [5.41, 5.74) is 0.705. The smallest absolute Gasteiger partial charge is 0.334 e. The van der Waals surface area contributed by atoms with Crippen LogP contribution in [0.25, 0.3) is 0 Å². The molecule has 94 valence electrons. The van der Waals surface area contributed by atoms with Crippen LogP contribution < -0.4 is 5.32 Å². The van der Waals surface area contributed by atoms with Crippen LogP contribution in [-0.4, -0.2) is 25.7 Å². The predicted molar refractivity (Wildman–Crippen MR) is 67.3 cm³/mol. The van der Waals surface area contributed by atoms with Crippen molar-refractivity contribution in [3.63, 3.8) is 0 Å². The van der Waals surface area contributed by atoms with Gasteiger partial charge in [-0.25, -0.2) is 4.79 Å². The Morgan fingerprint density at radius 3 is 2.44 bits per heavy atom. The number of esters is 1. The van der Waals surface area contributed by atoms with Gasteiger partial charge in [0.15, 0.2) is 0 Å². The molecule has 1 N–H and O–H groups in total. The van der Waals surface area contributed by atoms with Gasteiger partial charge >= 0.3 is 5.97 Å². The summed E-state index contributed by atoms with van der Waals surface area (Å²) in [4.78, 5) is 11.3. The quantitative estimate of drug-likeness (QED) is 0.536. The molecule has 0 aliphatic heterocycles. The molecule has 0 heterocycles. The topological polar surface area (TPSA) is 38.3 Å². The molecule has 0 amide bonds. The van der Waals surface area contributed by atoms with Crippen molar-refractivity contribution in [1.82, 2.24) is 5.32 Å². The molecule has 16 heavy (non-hydrogen) atoms. The molecular formula is C13H25NO2. The second kappa shape index (κ2) is 6.69. The van der Waals surface area contributed by atoms with Crippen molar-refractivity contribution in [3.05, 3.63) is 12.2 Å². The number of hydrogen-bond donors (Lipinski definition) is 1. The molecule has 0 spiro atoms. The minimum atomic E-state index is -0.308. The fourth-order valence-corrected chi connectivity index (χ4v) is 1.05. The van der Waals surface area contributed by atoms with Gasteiger partial charge in [-0.1, -0.05) is 34.3 Å². The number of hydrogen-bond acceptors (Lipinski definition) is 3. The summed E-state index contributed by atoms with van der Waals surface area (Å²) in [6.45, 7) is 16.1. The van der Waals surface area contributed by atoms with Crippen LogP contribution in [0.3, 0.4) is 0 Å². The van der Waals surface area contributed by atoms with Gasteiger partial charge in [-0.2, -0.15) is 0 Å². The van der Waals surface area contributed by atoms with E-state index in [0.29, 0.717) is 24.6 Å². The van der Waals surface area contributed by atoms with E-state index in [0.717, 1.165) is 6.54 Å². The Labute approximate surface area is 99.3 Å². The fraction of sp³-hybridized carbons (Fsp3) is 0.769. The highest BCUT2D eigenvalue weighted by Crippen LogP contribution is 2.24. The molecule has 0 aromatic heterocycles. The first kappa shape index (κ1) is 15.2. The van der Waals surface area contributed by atoms with Crippen LogP contribution in [-0.2, 0) is 9.53 Å². The minimum absolute atomic E-state index is 0.217. The van der Waals surface area contributed by atoms with Crippen LogP contribution >= 0.6 is 0 Å². The van der Waals surface area contributed by atoms with Crippen LogP contribution in [0.5, 0.6) is 0 Å². The van der Waals surface area contributed by atoms with E-state index in [1.54, 1.807) is 6.92 Å². The average molecular weight is 227 g/mol. The van der Waals surface area contributed by atoms with Gasteiger partial charge in [-0.3, -0.25) is 0 Å². The van der Waals surface area contributed by atoms with Crippen molar-refractivity contribution in [2.24, 2.45) is 11.3 Å². The fourth-order valence-electron chi connectivity index (χ4n) is 1.05. The maximum absolute atomic E-state index is 11.3. The highest BCUT2D eigenvalue weighted by molar-refractivity contribution is 5.88. The standard InChI is InChI=1S/C13H25NO2/c1-7-16-12(15)11(4)8-14-9-13(5,6)10(2)3/h10,14H,4,7-9H2,1-3,5-6H3. The molecule has 3 heteroatoms. The molecule has 3 nitrogen and oxygen atoms in total. The zero-order valence-electron chi connectivity index (χ0n) is 11.2. The summed E-state index contributed by atoms with van der Waals surface area (Å²) < 4.78 is 4.86. The van der Waals surface area contributed by atoms with Crippen molar-refractivity contribution < 1.29 is 9.53 Å². The molecular weight excluding hydrogens is 202 g/mol. The van der Waals surface area contributed by atoms with Crippen LogP contribution in [0.1, 0.15) is 34.6 Å². The van der Waals surface area contributed by atoms with E-state index in [4.69, 9.17) is 4.74 Å². The number of ether oxygens (including phenoxy) is 1. The molecule has 0 aliphatic carbocycles. The van der Waals surface area contributed by atoms with Crippen LogP contribution in [0.2, 0.25) is 0 Å². The van der Waals surface area contributed by atoms with Gasteiger partial charge in [0.05, 0.1) is 6.61 Å². The Bertz CT molecular complexity index is 244. The summed E-state index contributed by atoms with van der Waals surface area (Å²) in [5.74, 6) is 0.285. The summed E-state index contributed by atoms with van der Waals surface area (Å²) in [7, 11) is 0. The molecule has 0 radical (unpaired) electrons. The van der Waals surface area contributed by atoms with Crippen molar-refractivity contribution in [2.75, 3.05) is 19.7 Å². The third-order valence-corrected chi connectivity index (χ3v) is 3.05. The Kier molecular flexibility index (Phi) is 6.34. The van der Waals surface area contributed by atoms with Crippen LogP contribution in [0.4, 0.5) is 0 Å². The Balaban J connectivity index is 3.91. The summed E-state index contributed by atoms with van der Waals surface area (Å²) in [6, 6.07) is 0. The van der Waals surface area contributed by atoms with Crippen LogP contribution in [0.15, 0.2) is 12.2 Å². The molecule has 0 bridgehead atoms. The normalized spacial score (nSPS) is 11.6. The monoisotopic (exact) mass is 227 g/mol. The zero-order valence-corrected chi connectivity index (χ0v) is 11.2. The van der Waals surface area contributed by atoms with Gasteiger partial charge in [0, 0.05) is 18.7 Å². The SMILES string of the molecule is C=C(CNCC(C)(C)C(C)C)C(=O)OCC. The van der Waals surface area contributed by atoms with Crippen LogP contribution in [0, 0.1) is 11.3 Å². The van der Waals surface area contributed by atoms with E-state index < -0.39 is 0 Å². The summed E-state index contributed by atoms with van der Waals surface area (Å²) in [6.07, 6.45) is 0. The first-order valence-corrected chi connectivity index (χ1v) is 5.87. The van der Waals surface area contributed by atoms with Gasteiger partial charge in [-0.05, 0) is 18.3 Å². The molecule has 0 atom stereocenters. The highest BCUT2D eigenvalue weighted by Gasteiger charge is 2.21. The highest BCUT2D eigenvalue weighted by atomic mass is 16.5. The van der Waals surface area contributed by atoms with E-state index in [2.05, 4.69) is 39.6 Å². The van der Waals surface area contributed by atoms with E-state index in [9.17, 15) is 4.79 Å². The number of carbonyl (C=O) groups excluding carboxylic acids is 1. The largest absolute Gasteiger partial charge is 0.463 e. The van der Waals surface area contributed by atoms with Gasteiger partial charge in [-0.15, -0.1) is 0 Å². The second-order valence-electron chi connectivity index (χ2n) is 5.07. The van der Waals surface area contributed by atoms with Gasteiger partial charge in [0.1, 0.15) is 0 Å². The van der Waals surface area contributed by atoms with Crippen molar-refractivity contribution in [2.45, 2.75) is 34.6 Å². The van der Waals surface area contributed by atoms with E-state index >= 15 is 0 Å². The molecule has 0 saturated carbocycles. The first-order chi connectivity index (χ1) is 7.31. The van der Waals surface area contributed by atoms with Crippen molar-refractivity contribution in [1.29, 1.82) is 0 Å². The Morgan fingerprint density at radius 2 is 2.00 bits per heavy atom. The van der Waals surface area contributed by atoms with E-state index in [1.165, 1.54) is 0 Å². The molecule has 0 aliphatic rings. The summed E-state index contributed by atoms with van der Waals surface area (Å²) >= 11 is 0. The number of nitrogens with one attached hydrogen (secondary N) is 1. The van der Waals surface area contributed by atoms with E-state index in [1.807, 2.05) is 0 Å². The van der Waals surface area contributed by atoms with Gasteiger partial charge < -0.3 is 10.1 Å². The maximum atomic E-state index is 11.3. The second-order valence-corrected chi connectivity index (χ2v) is 5.07. The number of carbonyl (C=O) groups is 1. The molecule has 0 fully saturated rings. The Morgan fingerprint density at radius 1 is 1.44 bits per heavy atom. The third-order valence-electron chi connectivity index (χ3n) is 3.05. The lowest BCUT2D eigenvalue weighted by Gasteiger charge is -2.29. The lowest BCUT2D eigenvalue weighted by molar-refractivity contribution is -0.138. The Hall–Kier alpha value is -0.830. The first-order valence-electron chi connectivity index (χ1n) is 5.87. The lowest BCUT2D eigenvalue weighted by Crippen LogP contribution is -2.35. The lowest BCUT2D eigenvalue weighted by atomic mass is 9.81. The summed E-state index contributed by atoms with van der Waals surface area (Å²) in [5, 5.41) is 3.25. The van der Waals surface area contributed by atoms with Crippen molar-refractivity contribution in [3.8, 4) is 0 Å². The number of rotatable bonds is 7. The molecule has 0 saturated heterocycles. The molecule has 0 rings (SSSR count). The molecule has 0 aromatic carbocycles. The van der Waals surface area contributed by atoms with E-state index in [-0.39, 0.29) is 11.4 Å². The predicted octanol–water partition coefficient (Wildman–Crippen LogP) is 2.38.